The smallest absolute Gasteiger partial charge is 0.331 e. The lowest BCUT2D eigenvalue weighted by molar-refractivity contribution is -0.150. The van der Waals surface area contributed by atoms with Crippen molar-refractivity contribution in [2.75, 3.05) is 33.4 Å². The number of benzene rings is 1. The number of carbonyl (C=O) groups is 2. The molecule has 30 heavy (non-hydrogen) atoms. The lowest BCUT2D eigenvalue weighted by atomic mass is 9.77. The minimum absolute atomic E-state index is 0.0598. The number of morpholine rings is 1. The molecule has 3 rings (SSSR count). The van der Waals surface area contributed by atoms with Gasteiger partial charge in [-0.1, -0.05) is 13.0 Å². The van der Waals surface area contributed by atoms with E-state index in [1.165, 1.54) is 23.5 Å². The molecule has 1 saturated heterocycles. The van der Waals surface area contributed by atoms with Gasteiger partial charge in [-0.25, -0.2) is 13.2 Å². The third kappa shape index (κ3) is 4.53. The highest BCUT2D eigenvalue weighted by molar-refractivity contribution is 7.89. The summed E-state index contributed by atoms with van der Waals surface area (Å²) in [7, 11) is -2.42. The first-order valence-electron chi connectivity index (χ1n) is 10.3. The second-order valence-electron chi connectivity index (χ2n) is 8.20. The van der Waals surface area contributed by atoms with Crippen molar-refractivity contribution >= 4 is 21.9 Å². The van der Waals surface area contributed by atoms with Gasteiger partial charge in [0.1, 0.15) is 5.54 Å². The molecule has 9 heteroatoms. The first-order valence-corrected chi connectivity index (χ1v) is 11.7. The minimum atomic E-state index is -3.73. The number of hydrogen-bond donors (Lipinski definition) is 1. The van der Waals surface area contributed by atoms with Crippen molar-refractivity contribution < 1.29 is 27.5 Å². The third-order valence-electron chi connectivity index (χ3n) is 6.12. The molecule has 1 aliphatic heterocycles. The number of amides is 1. The van der Waals surface area contributed by atoms with Gasteiger partial charge in [-0.3, -0.25) is 4.79 Å². The Morgan fingerprint density at radius 2 is 1.83 bits per heavy atom. The van der Waals surface area contributed by atoms with Gasteiger partial charge in [-0.15, -0.1) is 0 Å². The Balaban J connectivity index is 1.88. The average molecular weight is 439 g/mol. The summed E-state index contributed by atoms with van der Waals surface area (Å²) in [4.78, 5) is 25.7. The van der Waals surface area contributed by atoms with E-state index in [1.807, 2.05) is 0 Å². The molecule has 8 nitrogen and oxygen atoms in total. The van der Waals surface area contributed by atoms with Gasteiger partial charge in [0.2, 0.25) is 10.0 Å². The van der Waals surface area contributed by atoms with Crippen LogP contribution in [0.1, 0.15) is 48.5 Å². The lowest BCUT2D eigenvalue weighted by Gasteiger charge is -2.37. The zero-order valence-electron chi connectivity index (χ0n) is 17.8. The van der Waals surface area contributed by atoms with Crippen molar-refractivity contribution in [1.29, 1.82) is 0 Å². The fourth-order valence-electron chi connectivity index (χ4n) is 4.06. The molecule has 1 aromatic carbocycles. The van der Waals surface area contributed by atoms with Crippen LogP contribution in [0.3, 0.4) is 0 Å². The van der Waals surface area contributed by atoms with Crippen molar-refractivity contribution in [3.05, 3.63) is 29.3 Å². The normalized spacial score (nSPS) is 25.5. The Morgan fingerprint density at radius 3 is 2.43 bits per heavy atom. The molecule has 0 atom stereocenters. The molecule has 1 amide bonds. The Morgan fingerprint density at radius 1 is 1.20 bits per heavy atom. The summed E-state index contributed by atoms with van der Waals surface area (Å²) in [6.07, 6.45) is 2.61. The number of esters is 1. The predicted octanol–water partition coefficient (Wildman–Crippen LogP) is 1.87. The maximum Gasteiger partial charge on any atom is 0.331 e. The standard InChI is InChI=1S/C21H30N2O6S/c1-15-6-8-21(9-7-15,20(25)28-3)22-19(24)18-14-17(5-4-16(18)2)30(26,27)23-10-12-29-13-11-23/h4-5,14-15H,6-13H2,1-3H3,(H,22,24). The molecule has 1 saturated carbocycles. The number of carbonyl (C=O) groups excluding carboxylic acids is 2. The van der Waals surface area contributed by atoms with Crippen LogP contribution in [0, 0.1) is 12.8 Å². The Hall–Kier alpha value is -1.97. The van der Waals surface area contributed by atoms with Crippen LogP contribution in [0.15, 0.2) is 23.1 Å². The van der Waals surface area contributed by atoms with Crippen LogP contribution in [0.4, 0.5) is 0 Å². The first-order chi connectivity index (χ1) is 14.2. The second-order valence-corrected chi connectivity index (χ2v) is 10.1. The number of nitrogens with zero attached hydrogens (tertiary/aromatic N) is 1. The van der Waals surface area contributed by atoms with E-state index < -0.39 is 27.4 Å². The highest BCUT2D eigenvalue weighted by Gasteiger charge is 2.43. The Kier molecular flexibility index (Phi) is 6.84. The fourth-order valence-corrected chi connectivity index (χ4v) is 5.49. The molecular formula is C21H30N2O6S. The van der Waals surface area contributed by atoms with E-state index in [0.29, 0.717) is 37.5 Å². The summed E-state index contributed by atoms with van der Waals surface area (Å²) in [5.74, 6) is -0.451. The summed E-state index contributed by atoms with van der Waals surface area (Å²) in [6, 6.07) is 4.52. The van der Waals surface area contributed by atoms with Crippen LogP contribution in [-0.2, 0) is 24.3 Å². The van der Waals surface area contributed by atoms with Crippen LogP contribution in [0.25, 0.3) is 0 Å². The molecule has 1 aromatic rings. The Bertz CT molecular complexity index is 900. The minimum Gasteiger partial charge on any atom is -0.467 e. The average Bonchev–Trinajstić information content (AvgIpc) is 2.75. The highest BCUT2D eigenvalue weighted by Crippen LogP contribution is 2.33. The monoisotopic (exact) mass is 438 g/mol. The molecule has 1 N–H and O–H groups in total. The maximum atomic E-state index is 13.1. The van der Waals surface area contributed by atoms with Gasteiger partial charge < -0.3 is 14.8 Å². The van der Waals surface area contributed by atoms with Crippen LogP contribution in [-0.4, -0.2) is 63.6 Å². The molecular weight excluding hydrogens is 408 g/mol. The van der Waals surface area contributed by atoms with Gasteiger partial charge in [0, 0.05) is 18.7 Å². The van der Waals surface area contributed by atoms with Gasteiger partial charge >= 0.3 is 5.97 Å². The molecule has 1 aliphatic carbocycles. The summed E-state index contributed by atoms with van der Waals surface area (Å²) >= 11 is 0. The number of rotatable bonds is 5. The van der Waals surface area contributed by atoms with E-state index in [2.05, 4.69) is 12.2 Å². The molecule has 0 unspecified atom stereocenters. The van der Waals surface area contributed by atoms with E-state index in [9.17, 15) is 18.0 Å². The molecule has 0 aromatic heterocycles. The number of sulfonamides is 1. The number of hydrogen-bond acceptors (Lipinski definition) is 6. The van der Waals surface area contributed by atoms with Crippen LogP contribution >= 0.6 is 0 Å². The van der Waals surface area contributed by atoms with Crippen molar-refractivity contribution in [2.24, 2.45) is 5.92 Å². The molecule has 166 valence electrons. The highest BCUT2D eigenvalue weighted by atomic mass is 32.2. The summed E-state index contributed by atoms with van der Waals surface area (Å²) < 4.78 is 37.5. The maximum absolute atomic E-state index is 13.1. The zero-order valence-corrected chi connectivity index (χ0v) is 18.6. The summed E-state index contributed by atoms with van der Waals surface area (Å²) in [5.41, 5.74) is -0.201. The zero-order chi connectivity index (χ0) is 21.9. The number of ether oxygens (including phenoxy) is 2. The van der Waals surface area contributed by atoms with Gasteiger partial charge in [0.25, 0.3) is 5.91 Å². The van der Waals surface area contributed by atoms with Crippen molar-refractivity contribution in [3.8, 4) is 0 Å². The third-order valence-corrected chi connectivity index (χ3v) is 8.01. The molecule has 0 bridgehead atoms. The van der Waals surface area contributed by atoms with Crippen molar-refractivity contribution in [2.45, 2.75) is 50.0 Å². The number of aryl methyl sites for hydroxylation is 1. The predicted molar refractivity (Wildman–Crippen MR) is 111 cm³/mol. The van der Waals surface area contributed by atoms with Crippen LogP contribution in [0.5, 0.6) is 0 Å². The van der Waals surface area contributed by atoms with Gasteiger partial charge in [0.15, 0.2) is 0 Å². The SMILES string of the molecule is COC(=O)C1(NC(=O)c2cc(S(=O)(=O)N3CCOCC3)ccc2C)CCC(C)CC1. The van der Waals surface area contributed by atoms with E-state index >= 15 is 0 Å². The van der Waals surface area contributed by atoms with E-state index in [4.69, 9.17) is 9.47 Å². The largest absolute Gasteiger partial charge is 0.467 e. The van der Waals surface area contributed by atoms with Crippen LogP contribution < -0.4 is 5.32 Å². The van der Waals surface area contributed by atoms with E-state index in [-0.39, 0.29) is 23.5 Å². The number of nitrogens with one attached hydrogen (secondary N) is 1. The first kappa shape index (κ1) is 22.7. The topological polar surface area (TPSA) is 102 Å². The van der Waals surface area contributed by atoms with Crippen LogP contribution in [0.2, 0.25) is 0 Å². The van der Waals surface area contributed by atoms with Gasteiger partial charge in [-0.2, -0.15) is 4.31 Å². The quantitative estimate of drug-likeness (QED) is 0.704. The Labute approximate surface area is 178 Å². The van der Waals surface area contributed by atoms with Gasteiger partial charge in [0.05, 0.1) is 25.2 Å². The lowest BCUT2D eigenvalue weighted by Crippen LogP contribution is -2.56. The molecule has 1 heterocycles. The fraction of sp³-hybridized carbons (Fsp3) is 0.619. The molecule has 0 radical (unpaired) electrons. The molecule has 0 spiro atoms. The second kappa shape index (κ2) is 9.03. The molecule has 2 aliphatic rings. The van der Waals surface area contributed by atoms with Crippen molar-refractivity contribution in [3.63, 3.8) is 0 Å². The van der Waals surface area contributed by atoms with Gasteiger partial charge in [-0.05, 0) is 56.2 Å². The summed E-state index contributed by atoms with van der Waals surface area (Å²) in [6.45, 7) is 5.11. The number of methoxy groups -OCH3 is 1. The van der Waals surface area contributed by atoms with Crippen molar-refractivity contribution in [1.82, 2.24) is 9.62 Å². The summed E-state index contributed by atoms with van der Waals surface area (Å²) in [5, 5.41) is 2.88. The molecule has 2 fully saturated rings. The van der Waals surface area contributed by atoms with E-state index in [1.54, 1.807) is 13.0 Å². The van der Waals surface area contributed by atoms with E-state index in [0.717, 1.165) is 12.8 Å².